The van der Waals surface area contributed by atoms with Crippen molar-refractivity contribution in [2.45, 2.75) is 57.2 Å². The molecule has 3 N–H and O–H groups in total. The van der Waals surface area contributed by atoms with Crippen molar-refractivity contribution in [3.63, 3.8) is 0 Å². The number of amides is 3. The molecule has 0 aromatic carbocycles. The molecule has 0 radical (unpaired) electrons. The first-order valence-corrected chi connectivity index (χ1v) is 8.51. The van der Waals surface area contributed by atoms with Gasteiger partial charge in [-0.3, -0.25) is 19.8 Å². The molecule has 2 aliphatic rings. The Bertz CT molecular complexity index is 484. The number of urea groups is 1. The van der Waals surface area contributed by atoms with Gasteiger partial charge in [0.15, 0.2) is 0 Å². The molecule has 0 aromatic rings. The second-order valence-corrected chi connectivity index (χ2v) is 6.75. The number of hydrogen-bond acceptors (Lipinski definition) is 6. The molecule has 1 aliphatic carbocycles. The van der Waals surface area contributed by atoms with Gasteiger partial charge in [0.05, 0.1) is 19.8 Å². The summed E-state index contributed by atoms with van der Waals surface area (Å²) in [5.41, 5.74) is 0. The van der Waals surface area contributed by atoms with Crippen molar-refractivity contribution in [2.24, 2.45) is 5.92 Å². The molecule has 136 valence electrons. The molecule has 1 saturated carbocycles. The van der Waals surface area contributed by atoms with E-state index in [1.165, 1.54) is 18.4 Å². The monoisotopic (exact) mass is 341 g/mol. The molecule has 4 atom stereocenters. The van der Waals surface area contributed by atoms with Gasteiger partial charge in [-0.05, 0) is 18.8 Å². The lowest BCUT2D eigenvalue weighted by molar-refractivity contribution is -0.146. The molecule has 1 heterocycles. The Labute approximate surface area is 141 Å². The summed E-state index contributed by atoms with van der Waals surface area (Å²) in [6.07, 6.45) is 3.79. The zero-order valence-corrected chi connectivity index (χ0v) is 14.3. The number of nitrogens with one attached hydrogen (secondary N) is 2. The van der Waals surface area contributed by atoms with E-state index in [2.05, 4.69) is 22.3 Å². The molecule has 8 heteroatoms. The van der Waals surface area contributed by atoms with Gasteiger partial charge in [-0.15, -0.1) is 0 Å². The maximum absolute atomic E-state index is 12.0. The first-order valence-electron chi connectivity index (χ1n) is 8.51. The molecule has 2 fully saturated rings. The predicted octanol–water partition coefficient (Wildman–Crippen LogP) is -0.000900. The van der Waals surface area contributed by atoms with Crippen molar-refractivity contribution in [2.75, 3.05) is 20.2 Å². The Morgan fingerprint density at radius 1 is 1.25 bits per heavy atom. The van der Waals surface area contributed by atoms with E-state index in [1.807, 2.05) is 0 Å². The van der Waals surface area contributed by atoms with E-state index in [0.717, 1.165) is 19.3 Å². The average molecular weight is 341 g/mol. The van der Waals surface area contributed by atoms with Crippen LogP contribution < -0.4 is 10.6 Å². The third-order valence-corrected chi connectivity index (χ3v) is 4.88. The van der Waals surface area contributed by atoms with E-state index >= 15 is 0 Å². The number of imide groups is 1. The summed E-state index contributed by atoms with van der Waals surface area (Å²) >= 11 is 0. The van der Waals surface area contributed by atoms with E-state index in [0.29, 0.717) is 5.92 Å². The smallest absolute Gasteiger partial charge is 0.323 e. The Morgan fingerprint density at radius 3 is 2.62 bits per heavy atom. The summed E-state index contributed by atoms with van der Waals surface area (Å²) in [6.45, 7) is 2.16. The fourth-order valence-corrected chi connectivity index (χ4v) is 3.52. The van der Waals surface area contributed by atoms with Gasteiger partial charge in [-0.2, -0.15) is 0 Å². The number of ether oxygens (including phenoxy) is 1. The number of likely N-dealkylation sites (tertiary alicyclic amines) is 1. The predicted molar refractivity (Wildman–Crippen MR) is 86.1 cm³/mol. The Kier molecular flexibility index (Phi) is 6.56. The van der Waals surface area contributed by atoms with Crippen LogP contribution in [0.15, 0.2) is 0 Å². The maximum Gasteiger partial charge on any atom is 0.323 e. The maximum atomic E-state index is 12.0. The highest BCUT2D eigenvalue weighted by molar-refractivity contribution is 5.95. The van der Waals surface area contributed by atoms with Crippen LogP contribution in [0.1, 0.15) is 39.0 Å². The number of aliphatic hydroxyl groups is 1. The highest BCUT2D eigenvalue weighted by Crippen LogP contribution is 2.23. The van der Waals surface area contributed by atoms with Gasteiger partial charge in [-0.25, -0.2) is 4.79 Å². The minimum absolute atomic E-state index is 0.0861. The zero-order valence-electron chi connectivity index (χ0n) is 14.3. The van der Waals surface area contributed by atoms with Crippen LogP contribution >= 0.6 is 0 Å². The molecule has 2 rings (SSSR count). The Morgan fingerprint density at radius 2 is 1.96 bits per heavy atom. The second-order valence-electron chi connectivity index (χ2n) is 6.75. The molecule has 0 bridgehead atoms. The highest BCUT2D eigenvalue weighted by Gasteiger charge is 2.37. The van der Waals surface area contributed by atoms with Crippen molar-refractivity contribution < 1.29 is 24.2 Å². The molecular formula is C16H27N3O5. The number of esters is 1. The third kappa shape index (κ3) is 4.91. The van der Waals surface area contributed by atoms with Gasteiger partial charge in [-0.1, -0.05) is 19.8 Å². The standard InChI is InChI=1S/C16H27N3O5/c1-10-5-3-4-6-12(10)17-16(23)18-14(21)9-19-8-11(20)7-13(19)15(22)24-2/h10-13,20H,3-9H2,1-2H3,(H2,17,18,21,23)/t10-,11-,12+,13+/m1/s1. The van der Waals surface area contributed by atoms with Crippen molar-refractivity contribution in [3.05, 3.63) is 0 Å². The van der Waals surface area contributed by atoms with Gasteiger partial charge < -0.3 is 15.2 Å². The molecule has 24 heavy (non-hydrogen) atoms. The van der Waals surface area contributed by atoms with Gasteiger partial charge in [0.1, 0.15) is 6.04 Å². The van der Waals surface area contributed by atoms with Gasteiger partial charge in [0.25, 0.3) is 0 Å². The molecule has 0 unspecified atom stereocenters. The fraction of sp³-hybridized carbons (Fsp3) is 0.812. The lowest BCUT2D eigenvalue weighted by Crippen LogP contribution is -2.51. The zero-order chi connectivity index (χ0) is 17.7. The molecule has 0 spiro atoms. The minimum atomic E-state index is -0.682. The highest BCUT2D eigenvalue weighted by atomic mass is 16.5. The van der Waals surface area contributed by atoms with E-state index in [-0.39, 0.29) is 25.6 Å². The normalized spacial score (nSPS) is 30.6. The number of rotatable bonds is 4. The minimum Gasteiger partial charge on any atom is -0.468 e. The first kappa shape index (κ1) is 18.7. The van der Waals surface area contributed by atoms with E-state index in [9.17, 15) is 19.5 Å². The van der Waals surface area contributed by atoms with Crippen molar-refractivity contribution in [1.29, 1.82) is 0 Å². The molecule has 1 aliphatic heterocycles. The van der Waals surface area contributed by atoms with Crippen molar-refractivity contribution in [3.8, 4) is 0 Å². The fourth-order valence-electron chi connectivity index (χ4n) is 3.52. The number of nitrogens with zero attached hydrogens (tertiary/aromatic N) is 1. The SMILES string of the molecule is COC(=O)[C@@H]1C[C@@H](O)CN1CC(=O)NC(=O)N[C@H]1CCCC[C@H]1C. The van der Waals surface area contributed by atoms with Crippen LogP contribution in [-0.2, 0) is 14.3 Å². The lowest BCUT2D eigenvalue weighted by Gasteiger charge is -2.29. The quantitative estimate of drug-likeness (QED) is 0.621. The number of carbonyl (C=O) groups excluding carboxylic acids is 3. The summed E-state index contributed by atoms with van der Waals surface area (Å²) in [5, 5.41) is 14.8. The summed E-state index contributed by atoms with van der Waals surface area (Å²) in [7, 11) is 1.27. The summed E-state index contributed by atoms with van der Waals surface area (Å²) in [4.78, 5) is 37.2. The number of hydrogen-bond donors (Lipinski definition) is 3. The van der Waals surface area contributed by atoms with Crippen molar-refractivity contribution >= 4 is 17.9 Å². The van der Waals surface area contributed by atoms with Gasteiger partial charge in [0.2, 0.25) is 5.91 Å². The molecular weight excluding hydrogens is 314 g/mol. The van der Waals surface area contributed by atoms with Crippen molar-refractivity contribution in [1.82, 2.24) is 15.5 Å². The Balaban J connectivity index is 1.81. The number of aliphatic hydroxyl groups excluding tert-OH is 1. The third-order valence-electron chi connectivity index (χ3n) is 4.88. The van der Waals surface area contributed by atoms with E-state index in [1.54, 1.807) is 0 Å². The number of carbonyl (C=O) groups is 3. The lowest BCUT2D eigenvalue weighted by atomic mass is 9.86. The number of methoxy groups -OCH3 is 1. The largest absolute Gasteiger partial charge is 0.468 e. The molecule has 0 aromatic heterocycles. The topological polar surface area (TPSA) is 108 Å². The van der Waals surface area contributed by atoms with Crippen LogP contribution in [0, 0.1) is 5.92 Å². The van der Waals surface area contributed by atoms with Crippen LogP contribution in [0.3, 0.4) is 0 Å². The van der Waals surface area contributed by atoms with Crippen LogP contribution in [-0.4, -0.2) is 66.3 Å². The van der Waals surface area contributed by atoms with Crippen LogP contribution in [0.4, 0.5) is 4.79 Å². The molecule has 1 saturated heterocycles. The molecule has 3 amide bonds. The van der Waals surface area contributed by atoms with Crippen LogP contribution in [0.5, 0.6) is 0 Å². The van der Waals surface area contributed by atoms with E-state index < -0.39 is 30.1 Å². The van der Waals surface area contributed by atoms with Gasteiger partial charge in [0, 0.05) is 19.0 Å². The number of β-amino-alcohol motifs (C(OH)–C–C–N with tert-alkyl or cyclic N) is 1. The summed E-state index contributed by atoms with van der Waals surface area (Å²) in [6, 6.07) is -1.08. The van der Waals surface area contributed by atoms with Gasteiger partial charge >= 0.3 is 12.0 Å². The van der Waals surface area contributed by atoms with Crippen LogP contribution in [0.25, 0.3) is 0 Å². The summed E-state index contributed by atoms with van der Waals surface area (Å²) < 4.78 is 4.68. The second kappa shape index (κ2) is 8.43. The first-order chi connectivity index (χ1) is 11.4. The molecule has 8 nitrogen and oxygen atoms in total. The summed E-state index contributed by atoms with van der Waals surface area (Å²) in [5.74, 6) is -0.587. The van der Waals surface area contributed by atoms with E-state index in [4.69, 9.17) is 0 Å². The van der Waals surface area contributed by atoms with Crippen LogP contribution in [0.2, 0.25) is 0 Å². The average Bonchev–Trinajstić information content (AvgIpc) is 2.89. The Hall–Kier alpha value is -1.67.